The van der Waals surface area contributed by atoms with Gasteiger partial charge in [-0.25, -0.2) is 4.98 Å². The minimum absolute atomic E-state index is 0.0331. The van der Waals surface area contributed by atoms with Gasteiger partial charge in [0.15, 0.2) is 4.96 Å². The number of carbonyl (C=O) groups excluding carboxylic acids is 2. The zero-order valence-electron chi connectivity index (χ0n) is 17.8. The molecule has 0 spiro atoms. The van der Waals surface area contributed by atoms with Gasteiger partial charge in [-0.15, -0.1) is 11.3 Å². The van der Waals surface area contributed by atoms with E-state index in [-0.39, 0.29) is 17.7 Å². The minimum Gasteiger partial charge on any atom is -0.340 e. The molecule has 0 fully saturated rings. The summed E-state index contributed by atoms with van der Waals surface area (Å²) in [4.78, 5) is 34.2. The summed E-state index contributed by atoms with van der Waals surface area (Å²) in [6.07, 6.45) is 2.05. The number of benzene rings is 1. The van der Waals surface area contributed by atoms with Crippen molar-refractivity contribution in [2.75, 3.05) is 7.05 Å². The second-order valence-electron chi connectivity index (χ2n) is 7.89. The lowest BCUT2D eigenvalue weighted by Gasteiger charge is -2.27. The van der Waals surface area contributed by atoms with E-state index in [0.29, 0.717) is 12.1 Å². The molecule has 2 aromatic heterocycles. The molecule has 1 aromatic carbocycles. The normalized spacial score (nSPS) is 12.4. The molecule has 2 heterocycles. The van der Waals surface area contributed by atoms with Crippen molar-refractivity contribution in [1.29, 1.82) is 0 Å². The van der Waals surface area contributed by atoms with Crippen molar-refractivity contribution in [1.82, 2.24) is 19.6 Å². The average Bonchev–Trinajstić information content (AvgIpc) is 3.15. The maximum atomic E-state index is 13.2. The molecule has 0 aliphatic rings. The van der Waals surface area contributed by atoms with Gasteiger partial charge in [0.1, 0.15) is 6.04 Å². The lowest BCUT2D eigenvalue weighted by atomic mass is 10.0. The lowest BCUT2D eigenvalue weighted by molar-refractivity contribution is -0.133. The van der Waals surface area contributed by atoms with Crippen LogP contribution in [0.15, 0.2) is 30.5 Å². The van der Waals surface area contributed by atoms with Gasteiger partial charge in [0.2, 0.25) is 5.91 Å². The van der Waals surface area contributed by atoms with Gasteiger partial charge < -0.3 is 10.2 Å². The monoisotopic (exact) mass is 412 g/mol. The van der Waals surface area contributed by atoms with Crippen LogP contribution >= 0.6 is 11.3 Å². The van der Waals surface area contributed by atoms with Crippen LogP contribution in [0, 0.1) is 26.7 Å². The molecule has 1 atom stereocenters. The molecule has 2 amide bonds. The highest BCUT2D eigenvalue weighted by molar-refractivity contribution is 7.17. The van der Waals surface area contributed by atoms with Gasteiger partial charge in [0.25, 0.3) is 5.91 Å². The van der Waals surface area contributed by atoms with Crippen molar-refractivity contribution < 1.29 is 9.59 Å². The summed E-state index contributed by atoms with van der Waals surface area (Å²) < 4.78 is 2.05. The Labute approximate surface area is 175 Å². The van der Waals surface area contributed by atoms with Crippen LogP contribution < -0.4 is 5.32 Å². The van der Waals surface area contributed by atoms with Gasteiger partial charge in [0, 0.05) is 23.7 Å². The third-order valence-electron chi connectivity index (χ3n) is 5.04. The highest BCUT2D eigenvalue weighted by Crippen LogP contribution is 2.22. The van der Waals surface area contributed by atoms with E-state index in [1.54, 1.807) is 35.4 Å². The standard InChI is InChI=1S/C22H28N4O2S/c1-13(2)19(24-20(27)17-9-7-14(3)8-10-17)21(28)25(6)12-18-16(5)23-22-26(18)11-15(4)29-22/h7-11,13,19H,12H2,1-6H3,(H,24,27). The van der Waals surface area contributed by atoms with Crippen molar-refractivity contribution in [3.05, 3.63) is 57.9 Å². The Hall–Kier alpha value is -2.67. The number of imidazole rings is 1. The summed E-state index contributed by atoms with van der Waals surface area (Å²) in [5.41, 5.74) is 3.55. The SMILES string of the molecule is Cc1ccc(C(=O)NC(C(=O)N(C)Cc2c(C)nc3sc(C)cn23)C(C)C)cc1. The highest BCUT2D eigenvalue weighted by atomic mass is 32.1. The maximum absolute atomic E-state index is 13.2. The Morgan fingerprint density at radius 3 is 2.45 bits per heavy atom. The Morgan fingerprint density at radius 1 is 1.17 bits per heavy atom. The molecular formula is C22H28N4O2S. The van der Waals surface area contributed by atoms with E-state index < -0.39 is 6.04 Å². The number of fused-ring (bicyclic) bond motifs is 1. The summed E-state index contributed by atoms with van der Waals surface area (Å²) in [5.74, 6) is -0.377. The van der Waals surface area contributed by atoms with E-state index in [0.717, 1.165) is 21.9 Å². The van der Waals surface area contributed by atoms with Crippen LogP contribution in [0.2, 0.25) is 0 Å². The smallest absolute Gasteiger partial charge is 0.251 e. The molecule has 1 N–H and O–H groups in total. The van der Waals surface area contributed by atoms with Gasteiger partial charge in [-0.3, -0.25) is 14.0 Å². The number of hydrogen-bond acceptors (Lipinski definition) is 4. The van der Waals surface area contributed by atoms with Crippen LogP contribution in [0.3, 0.4) is 0 Å². The fraction of sp³-hybridized carbons (Fsp3) is 0.409. The second kappa shape index (κ2) is 8.37. The van der Waals surface area contributed by atoms with E-state index in [2.05, 4.69) is 10.3 Å². The number of nitrogens with zero attached hydrogens (tertiary/aromatic N) is 3. The van der Waals surface area contributed by atoms with Gasteiger partial charge in [-0.1, -0.05) is 31.5 Å². The number of aryl methyl sites for hydroxylation is 3. The van der Waals surface area contributed by atoms with Crippen molar-refractivity contribution >= 4 is 28.1 Å². The van der Waals surface area contributed by atoms with Crippen molar-refractivity contribution in [2.45, 2.75) is 47.2 Å². The largest absolute Gasteiger partial charge is 0.340 e. The van der Waals surface area contributed by atoms with Crippen LogP contribution in [0.5, 0.6) is 0 Å². The zero-order chi connectivity index (χ0) is 21.3. The number of hydrogen-bond donors (Lipinski definition) is 1. The molecule has 7 heteroatoms. The first-order valence-electron chi connectivity index (χ1n) is 9.74. The summed E-state index contributed by atoms with van der Waals surface area (Å²) in [6.45, 7) is 10.3. The summed E-state index contributed by atoms with van der Waals surface area (Å²) in [6, 6.07) is 6.75. The molecular weight excluding hydrogens is 384 g/mol. The molecule has 0 radical (unpaired) electrons. The molecule has 1 unspecified atom stereocenters. The Balaban J connectivity index is 1.76. The number of aromatic nitrogens is 2. The fourth-order valence-corrected chi connectivity index (χ4v) is 4.17. The van der Waals surface area contributed by atoms with E-state index in [1.165, 1.54) is 4.88 Å². The van der Waals surface area contributed by atoms with Crippen LogP contribution in [-0.2, 0) is 11.3 Å². The van der Waals surface area contributed by atoms with Gasteiger partial charge in [-0.2, -0.15) is 0 Å². The Kier molecular flexibility index (Phi) is 6.07. The quantitative estimate of drug-likeness (QED) is 0.671. The molecule has 154 valence electrons. The first-order chi connectivity index (χ1) is 13.7. The van der Waals surface area contributed by atoms with E-state index in [1.807, 2.05) is 57.3 Å². The fourth-order valence-electron chi connectivity index (χ4n) is 3.28. The molecule has 6 nitrogen and oxygen atoms in total. The third-order valence-corrected chi connectivity index (χ3v) is 5.94. The maximum Gasteiger partial charge on any atom is 0.251 e. The molecule has 0 saturated carbocycles. The summed E-state index contributed by atoms with van der Waals surface area (Å²) >= 11 is 1.63. The minimum atomic E-state index is -0.596. The third kappa shape index (κ3) is 4.50. The zero-order valence-corrected chi connectivity index (χ0v) is 18.6. The first-order valence-corrected chi connectivity index (χ1v) is 10.6. The number of nitrogens with one attached hydrogen (secondary N) is 1. The van der Waals surface area contributed by atoms with E-state index in [9.17, 15) is 9.59 Å². The van der Waals surface area contributed by atoms with Crippen molar-refractivity contribution in [3.63, 3.8) is 0 Å². The van der Waals surface area contributed by atoms with Crippen LogP contribution in [0.25, 0.3) is 4.96 Å². The van der Waals surface area contributed by atoms with Gasteiger partial charge in [-0.05, 0) is 38.8 Å². The summed E-state index contributed by atoms with van der Waals surface area (Å²) in [5, 5.41) is 2.92. The molecule has 3 rings (SSSR count). The number of carbonyl (C=O) groups is 2. The van der Waals surface area contributed by atoms with Crippen LogP contribution in [-0.4, -0.2) is 39.2 Å². The molecule has 0 bridgehead atoms. The molecule has 0 aliphatic carbocycles. The van der Waals surface area contributed by atoms with Gasteiger partial charge >= 0.3 is 0 Å². The van der Waals surface area contributed by atoms with Crippen LogP contribution in [0.4, 0.5) is 0 Å². The molecule has 0 saturated heterocycles. The lowest BCUT2D eigenvalue weighted by Crippen LogP contribution is -2.50. The number of thiazole rings is 1. The van der Waals surface area contributed by atoms with E-state index in [4.69, 9.17) is 0 Å². The Bertz CT molecular complexity index is 1030. The molecule has 0 aliphatic heterocycles. The van der Waals surface area contributed by atoms with Crippen LogP contribution in [0.1, 0.15) is 46.0 Å². The predicted molar refractivity (Wildman–Crippen MR) is 116 cm³/mol. The highest BCUT2D eigenvalue weighted by Gasteiger charge is 2.28. The van der Waals surface area contributed by atoms with E-state index >= 15 is 0 Å². The molecule has 3 aromatic rings. The predicted octanol–water partition coefficient (Wildman–Crippen LogP) is 3.73. The Morgan fingerprint density at radius 2 is 1.83 bits per heavy atom. The van der Waals surface area contributed by atoms with Crippen molar-refractivity contribution in [3.8, 4) is 0 Å². The molecule has 29 heavy (non-hydrogen) atoms. The van der Waals surface area contributed by atoms with Crippen molar-refractivity contribution in [2.24, 2.45) is 5.92 Å². The number of rotatable bonds is 6. The number of likely N-dealkylation sites (N-methyl/N-ethyl adjacent to an activating group) is 1. The second-order valence-corrected chi connectivity index (χ2v) is 9.11. The average molecular weight is 413 g/mol. The number of amides is 2. The van der Waals surface area contributed by atoms with Gasteiger partial charge in [0.05, 0.1) is 17.9 Å². The first kappa shape index (κ1) is 21.0. The summed E-state index contributed by atoms with van der Waals surface area (Å²) in [7, 11) is 1.77. The topological polar surface area (TPSA) is 66.7 Å².